The van der Waals surface area contributed by atoms with Crippen LogP contribution >= 0.6 is 0 Å². The van der Waals surface area contributed by atoms with Crippen molar-refractivity contribution in [3.05, 3.63) is 47.8 Å². The number of aliphatic hydroxyl groups is 1. The Bertz CT molecular complexity index is 437. The van der Waals surface area contributed by atoms with Crippen LogP contribution in [0.15, 0.2) is 36.4 Å². The Labute approximate surface area is 75.4 Å². The van der Waals surface area contributed by atoms with E-state index < -0.39 is 0 Å². The van der Waals surface area contributed by atoms with Crippen molar-refractivity contribution in [3.8, 4) is 0 Å². The molecule has 13 heavy (non-hydrogen) atoms. The number of benzene rings is 2. The van der Waals surface area contributed by atoms with Gasteiger partial charge in [-0.1, -0.05) is 30.3 Å². The third kappa shape index (κ3) is 1.29. The molecule has 0 spiro atoms. The SMILES string of the molecule is OCc1c(F)ccc2ccccc12. The minimum Gasteiger partial charge on any atom is -0.392 e. The van der Waals surface area contributed by atoms with Crippen LogP contribution in [0.25, 0.3) is 10.8 Å². The first kappa shape index (κ1) is 8.20. The van der Waals surface area contributed by atoms with Crippen molar-refractivity contribution in [2.45, 2.75) is 6.61 Å². The molecule has 2 aromatic carbocycles. The number of halogens is 1. The predicted molar refractivity (Wildman–Crippen MR) is 49.8 cm³/mol. The van der Waals surface area contributed by atoms with E-state index in [1.807, 2.05) is 24.3 Å². The van der Waals surface area contributed by atoms with E-state index in [4.69, 9.17) is 5.11 Å². The summed E-state index contributed by atoms with van der Waals surface area (Å²) in [7, 11) is 0. The van der Waals surface area contributed by atoms with Crippen LogP contribution in [0.5, 0.6) is 0 Å². The minimum atomic E-state index is -0.346. The summed E-state index contributed by atoms with van der Waals surface area (Å²) in [6.45, 7) is -0.257. The van der Waals surface area contributed by atoms with E-state index >= 15 is 0 Å². The summed E-state index contributed by atoms with van der Waals surface area (Å²) in [5.74, 6) is -0.346. The van der Waals surface area contributed by atoms with Gasteiger partial charge in [0.1, 0.15) is 5.82 Å². The normalized spacial score (nSPS) is 10.6. The van der Waals surface area contributed by atoms with Crippen LogP contribution in [-0.2, 0) is 6.61 Å². The molecule has 2 heteroatoms. The highest BCUT2D eigenvalue weighted by atomic mass is 19.1. The van der Waals surface area contributed by atoms with Gasteiger partial charge in [-0.25, -0.2) is 4.39 Å². The molecule has 0 saturated carbocycles. The largest absolute Gasteiger partial charge is 0.392 e. The summed E-state index contributed by atoms with van der Waals surface area (Å²) in [5.41, 5.74) is 0.373. The summed E-state index contributed by atoms with van der Waals surface area (Å²) in [6.07, 6.45) is 0. The zero-order chi connectivity index (χ0) is 9.26. The zero-order valence-electron chi connectivity index (χ0n) is 7.00. The number of hydrogen-bond acceptors (Lipinski definition) is 1. The number of hydrogen-bond donors (Lipinski definition) is 1. The van der Waals surface area contributed by atoms with Crippen LogP contribution in [0.4, 0.5) is 4.39 Å². The van der Waals surface area contributed by atoms with Crippen molar-refractivity contribution < 1.29 is 9.50 Å². The second kappa shape index (κ2) is 3.15. The average Bonchev–Trinajstić information content (AvgIpc) is 2.18. The van der Waals surface area contributed by atoms with Gasteiger partial charge < -0.3 is 5.11 Å². The van der Waals surface area contributed by atoms with E-state index in [0.717, 1.165) is 10.8 Å². The van der Waals surface area contributed by atoms with Crippen LogP contribution in [0.1, 0.15) is 5.56 Å². The summed E-state index contributed by atoms with van der Waals surface area (Å²) in [5, 5.41) is 10.7. The highest BCUT2D eigenvalue weighted by Crippen LogP contribution is 2.21. The first-order valence-corrected chi connectivity index (χ1v) is 4.10. The quantitative estimate of drug-likeness (QED) is 0.707. The second-order valence-electron chi connectivity index (χ2n) is 2.91. The molecule has 0 aliphatic heterocycles. The lowest BCUT2D eigenvalue weighted by molar-refractivity contribution is 0.277. The fourth-order valence-electron chi connectivity index (χ4n) is 1.47. The third-order valence-corrected chi connectivity index (χ3v) is 2.14. The maximum Gasteiger partial charge on any atom is 0.129 e. The van der Waals surface area contributed by atoms with Gasteiger partial charge in [0, 0.05) is 5.56 Å². The van der Waals surface area contributed by atoms with Gasteiger partial charge in [0.2, 0.25) is 0 Å². The van der Waals surface area contributed by atoms with Gasteiger partial charge in [0.15, 0.2) is 0 Å². The van der Waals surface area contributed by atoms with Crippen LogP contribution in [-0.4, -0.2) is 5.11 Å². The molecular weight excluding hydrogens is 167 g/mol. The smallest absolute Gasteiger partial charge is 0.129 e. The van der Waals surface area contributed by atoms with E-state index in [1.54, 1.807) is 6.07 Å². The Morgan fingerprint density at radius 2 is 1.85 bits per heavy atom. The van der Waals surface area contributed by atoms with Crippen molar-refractivity contribution in [2.75, 3.05) is 0 Å². The molecule has 0 amide bonds. The number of rotatable bonds is 1. The summed E-state index contributed by atoms with van der Waals surface area (Å²) < 4.78 is 13.2. The van der Waals surface area contributed by atoms with Crippen molar-refractivity contribution in [1.82, 2.24) is 0 Å². The van der Waals surface area contributed by atoms with Gasteiger partial charge in [0.05, 0.1) is 6.61 Å². The molecular formula is C11H9FO. The Morgan fingerprint density at radius 3 is 2.62 bits per heavy atom. The van der Waals surface area contributed by atoms with Crippen LogP contribution in [0, 0.1) is 5.82 Å². The molecule has 0 aromatic heterocycles. The van der Waals surface area contributed by atoms with Gasteiger partial charge in [0.25, 0.3) is 0 Å². The Balaban J connectivity index is 2.84. The average molecular weight is 176 g/mol. The van der Waals surface area contributed by atoms with Gasteiger partial charge >= 0.3 is 0 Å². The molecule has 0 aliphatic carbocycles. The fraction of sp³-hybridized carbons (Fsp3) is 0.0909. The predicted octanol–water partition coefficient (Wildman–Crippen LogP) is 2.47. The summed E-state index contributed by atoms with van der Waals surface area (Å²) in [6, 6.07) is 10.5. The maximum absolute atomic E-state index is 13.2. The van der Waals surface area contributed by atoms with Crippen molar-refractivity contribution >= 4 is 10.8 Å². The Hall–Kier alpha value is -1.41. The molecule has 0 atom stereocenters. The molecule has 2 rings (SSSR count). The monoisotopic (exact) mass is 176 g/mol. The van der Waals surface area contributed by atoms with E-state index in [2.05, 4.69) is 0 Å². The molecule has 0 radical (unpaired) electrons. The first-order chi connectivity index (χ1) is 6.33. The first-order valence-electron chi connectivity index (χ1n) is 4.10. The highest BCUT2D eigenvalue weighted by molar-refractivity contribution is 5.85. The lowest BCUT2D eigenvalue weighted by Gasteiger charge is -2.04. The van der Waals surface area contributed by atoms with Gasteiger partial charge in [-0.3, -0.25) is 0 Å². The molecule has 1 N–H and O–H groups in total. The number of fused-ring (bicyclic) bond motifs is 1. The van der Waals surface area contributed by atoms with Crippen LogP contribution in [0.3, 0.4) is 0 Å². The van der Waals surface area contributed by atoms with E-state index in [1.165, 1.54) is 6.07 Å². The summed E-state index contributed by atoms with van der Waals surface area (Å²) in [4.78, 5) is 0. The Kier molecular flexibility index (Phi) is 1.99. The van der Waals surface area contributed by atoms with E-state index in [9.17, 15) is 4.39 Å². The van der Waals surface area contributed by atoms with Gasteiger partial charge in [-0.05, 0) is 16.8 Å². The standard InChI is InChI=1S/C11H9FO/c12-11-6-5-8-3-1-2-4-9(8)10(11)7-13/h1-6,13H,7H2. The Morgan fingerprint density at radius 1 is 1.08 bits per heavy atom. The van der Waals surface area contributed by atoms with Gasteiger partial charge in [-0.2, -0.15) is 0 Å². The lowest BCUT2D eigenvalue weighted by atomic mass is 10.0. The topological polar surface area (TPSA) is 20.2 Å². The molecule has 0 aliphatic rings. The molecule has 0 saturated heterocycles. The molecule has 66 valence electrons. The molecule has 0 heterocycles. The molecule has 1 nitrogen and oxygen atoms in total. The van der Waals surface area contributed by atoms with Crippen molar-refractivity contribution in [3.63, 3.8) is 0 Å². The maximum atomic E-state index is 13.2. The van der Waals surface area contributed by atoms with Crippen LogP contribution < -0.4 is 0 Å². The van der Waals surface area contributed by atoms with Crippen LogP contribution in [0.2, 0.25) is 0 Å². The fourth-order valence-corrected chi connectivity index (χ4v) is 1.47. The zero-order valence-corrected chi connectivity index (χ0v) is 7.00. The van der Waals surface area contributed by atoms with E-state index in [0.29, 0.717) is 5.56 Å². The molecule has 0 bridgehead atoms. The van der Waals surface area contributed by atoms with E-state index in [-0.39, 0.29) is 12.4 Å². The van der Waals surface area contributed by atoms with Crippen molar-refractivity contribution in [1.29, 1.82) is 0 Å². The number of aliphatic hydroxyl groups excluding tert-OH is 1. The van der Waals surface area contributed by atoms with Crippen molar-refractivity contribution in [2.24, 2.45) is 0 Å². The minimum absolute atomic E-state index is 0.257. The van der Waals surface area contributed by atoms with Gasteiger partial charge in [-0.15, -0.1) is 0 Å². The molecule has 0 fully saturated rings. The second-order valence-corrected chi connectivity index (χ2v) is 2.91. The highest BCUT2D eigenvalue weighted by Gasteiger charge is 2.04. The third-order valence-electron chi connectivity index (χ3n) is 2.14. The molecule has 2 aromatic rings. The lowest BCUT2D eigenvalue weighted by Crippen LogP contribution is -1.90. The molecule has 0 unspecified atom stereocenters. The summed E-state index contributed by atoms with van der Waals surface area (Å²) >= 11 is 0.